The van der Waals surface area contributed by atoms with Crippen molar-refractivity contribution in [2.45, 2.75) is 32.2 Å². The second-order valence-electron chi connectivity index (χ2n) is 10.7. The summed E-state index contributed by atoms with van der Waals surface area (Å²) in [5.74, 6) is -1.99. The van der Waals surface area contributed by atoms with Crippen LogP contribution in [0.1, 0.15) is 31.7 Å². The van der Waals surface area contributed by atoms with Gasteiger partial charge < -0.3 is 19.4 Å². The second kappa shape index (κ2) is 12.2. The highest BCUT2D eigenvalue weighted by Gasteiger charge is 2.44. The molecule has 2 saturated heterocycles. The average Bonchev–Trinajstić information content (AvgIpc) is 3.41. The minimum Gasteiger partial charge on any atom is -0.410 e. The van der Waals surface area contributed by atoms with Crippen LogP contribution in [0.3, 0.4) is 0 Å². The van der Waals surface area contributed by atoms with Crippen LogP contribution in [0.4, 0.5) is 23.8 Å². The maximum atomic E-state index is 14.3. The summed E-state index contributed by atoms with van der Waals surface area (Å²) in [7, 11) is 0. The quantitative estimate of drug-likeness (QED) is 0.396. The lowest BCUT2D eigenvalue weighted by Gasteiger charge is -2.38. The molecule has 5 rings (SSSR count). The van der Waals surface area contributed by atoms with Crippen LogP contribution < -0.4 is 9.64 Å². The molecule has 0 saturated carbocycles. The summed E-state index contributed by atoms with van der Waals surface area (Å²) in [4.78, 5) is 37.0. The molecular formula is C31H33F3N4O3. The maximum absolute atomic E-state index is 14.3. The van der Waals surface area contributed by atoms with Crippen molar-refractivity contribution in [2.24, 2.45) is 11.8 Å². The zero-order chi connectivity index (χ0) is 29.1. The Bertz CT molecular complexity index is 1370. The summed E-state index contributed by atoms with van der Waals surface area (Å²) < 4.78 is 47.0. The minimum absolute atomic E-state index is 0.0174. The number of hydrogen-bond acceptors (Lipinski definition) is 5. The molecule has 0 spiro atoms. The van der Waals surface area contributed by atoms with Crippen LogP contribution in [0.15, 0.2) is 66.9 Å². The normalized spacial score (nSPS) is 22.5. The molecule has 1 aromatic heterocycles. The van der Waals surface area contributed by atoms with Gasteiger partial charge in [0, 0.05) is 50.8 Å². The van der Waals surface area contributed by atoms with Crippen molar-refractivity contribution in [1.29, 1.82) is 0 Å². The summed E-state index contributed by atoms with van der Waals surface area (Å²) in [6.45, 7) is 5.94. The number of amides is 2. The zero-order valence-corrected chi connectivity index (χ0v) is 23.1. The third-order valence-electron chi connectivity index (χ3n) is 8.16. The molecule has 0 bridgehead atoms. The van der Waals surface area contributed by atoms with E-state index in [2.05, 4.69) is 16.8 Å². The first-order chi connectivity index (χ1) is 19.7. The number of carbonyl (C=O) groups is 2. The fourth-order valence-corrected chi connectivity index (χ4v) is 6.01. The fourth-order valence-electron chi connectivity index (χ4n) is 6.01. The number of likely N-dealkylation sites (N-methyl/N-ethyl adjacent to an activating group) is 1. The third kappa shape index (κ3) is 6.16. The van der Waals surface area contributed by atoms with Gasteiger partial charge in [0.05, 0.1) is 6.04 Å². The zero-order valence-electron chi connectivity index (χ0n) is 23.1. The van der Waals surface area contributed by atoms with E-state index in [9.17, 15) is 22.8 Å². The topological polar surface area (TPSA) is 66.0 Å². The summed E-state index contributed by atoms with van der Waals surface area (Å²) in [5, 5.41) is 0. The van der Waals surface area contributed by atoms with Crippen molar-refractivity contribution < 1.29 is 27.5 Å². The van der Waals surface area contributed by atoms with Crippen molar-refractivity contribution in [3.05, 3.63) is 89.9 Å². The van der Waals surface area contributed by atoms with Crippen LogP contribution in [0.25, 0.3) is 0 Å². The number of pyridine rings is 1. The summed E-state index contributed by atoms with van der Waals surface area (Å²) in [6.07, 6.45) is 1.74. The number of nitrogens with zero attached hydrogens (tertiary/aromatic N) is 4. The summed E-state index contributed by atoms with van der Waals surface area (Å²) in [6, 6.07) is 14.0. The molecule has 2 fully saturated rings. The minimum atomic E-state index is -0.988. The van der Waals surface area contributed by atoms with Crippen LogP contribution in [0.2, 0.25) is 0 Å². The first-order valence-corrected chi connectivity index (χ1v) is 13.9. The van der Waals surface area contributed by atoms with E-state index in [1.807, 2.05) is 18.2 Å². The van der Waals surface area contributed by atoms with Gasteiger partial charge in [0.2, 0.25) is 5.91 Å². The van der Waals surface area contributed by atoms with Crippen LogP contribution in [0.5, 0.6) is 5.75 Å². The monoisotopic (exact) mass is 566 g/mol. The predicted octanol–water partition coefficient (Wildman–Crippen LogP) is 5.48. The molecular weight excluding hydrogens is 533 g/mol. The lowest BCUT2D eigenvalue weighted by molar-refractivity contribution is -0.136. The first kappa shape index (κ1) is 28.4. The highest BCUT2D eigenvalue weighted by Crippen LogP contribution is 2.36. The maximum Gasteiger partial charge on any atom is 0.415 e. The number of aromatic nitrogens is 1. The Morgan fingerprint density at radius 2 is 1.78 bits per heavy atom. The molecule has 0 aliphatic carbocycles. The first-order valence-electron chi connectivity index (χ1n) is 13.9. The van der Waals surface area contributed by atoms with Crippen molar-refractivity contribution in [3.8, 4) is 5.75 Å². The van der Waals surface area contributed by atoms with E-state index in [-0.39, 0.29) is 43.1 Å². The van der Waals surface area contributed by atoms with Gasteiger partial charge >= 0.3 is 6.09 Å². The number of rotatable bonds is 6. The molecule has 7 nitrogen and oxygen atoms in total. The van der Waals surface area contributed by atoms with Crippen molar-refractivity contribution in [3.63, 3.8) is 0 Å². The second-order valence-corrected chi connectivity index (χ2v) is 10.7. The summed E-state index contributed by atoms with van der Waals surface area (Å²) >= 11 is 0. The van der Waals surface area contributed by atoms with Gasteiger partial charge in [-0.2, -0.15) is 0 Å². The van der Waals surface area contributed by atoms with Gasteiger partial charge in [-0.15, -0.1) is 0 Å². The number of benzene rings is 2. The Morgan fingerprint density at radius 3 is 2.44 bits per heavy atom. The van der Waals surface area contributed by atoms with E-state index >= 15 is 0 Å². The number of piperidine rings is 1. The highest BCUT2D eigenvalue weighted by atomic mass is 19.2. The average molecular weight is 567 g/mol. The smallest absolute Gasteiger partial charge is 0.410 e. The van der Waals surface area contributed by atoms with Crippen molar-refractivity contribution >= 4 is 17.8 Å². The molecule has 4 atom stereocenters. The molecule has 216 valence electrons. The molecule has 41 heavy (non-hydrogen) atoms. The number of likely N-dealkylation sites (tertiary alicyclic amines) is 1. The molecule has 3 heterocycles. The van der Waals surface area contributed by atoms with E-state index in [0.29, 0.717) is 25.1 Å². The van der Waals surface area contributed by atoms with Crippen molar-refractivity contribution in [1.82, 2.24) is 14.8 Å². The Morgan fingerprint density at radius 1 is 1.00 bits per heavy atom. The van der Waals surface area contributed by atoms with Gasteiger partial charge in [-0.25, -0.2) is 22.9 Å². The molecule has 2 aliphatic rings. The Balaban J connectivity index is 1.36. The molecule has 2 amide bonds. The number of anilines is 1. The molecule has 3 aromatic rings. The van der Waals surface area contributed by atoms with Gasteiger partial charge in [-0.05, 0) is 73.4 Å². The van der Waals surface area contributed by atoms with E-state index in [4.69, 9.17) is 4.74 Å². The SMILES string of the molecule is CCN(C(=O)Oc1ccc(F)cc1)[C@@H]1CN(C(=O)C2CCN(c3ccccn3)CC2C)C[C@H]1c1ccc(F)c(F)c1. The van der Waals surface area contributed by atoms with Gasteiger partial charge in [0.1, 0.15) is 17.4 Å². The van der Waals surface area contributed by atoms with E-state index in [1.54, 1.807) is 18.0 Å². The lowest BCUT2D eigenvalue weighted by atomic mass is 9.85. The molecule has 2 aromatic carbocycles. The molecule has 2 aliphatic heterocycles. The van der Waals surface area contributed by atoms with Gasteiger partial charge in [0.25, 0.3) is 0 Å². The Hall–Kier alpha value is -4.08. The predicted molar refractivity (Wildman–Crippen MR) is 148 cm³/mol. The van der Waals surface area contributed by atoms with Crippen LogP contribution in [-0.2, 0) is 4.79 Å². The highest BCUT2D eigenvalue weighted by molar-refractivity contribution is 5.80. The molecule has 2 unspecified atom stereocenters. The van der Waals surface area contributed by atoms with Crippen LogP contribution in [0, 0.1) is 29.3 Å². The Labute approximate surface area is 237 Å². The largest absolute Gasteiger partial charge is 0.415 e. The molecule has 0 radical (unpaired) electrons. The number of halogens is 3. The standard InChI is InChI=1S/C31H33F3N4O3/c1-3-38(31(40)41-23-10-8-22(32)9-11-23)28-19-37(18-25(28)21-7-12-26(33)27(34)16-21)30(39)24-13-15-36(17-20(24)2)29-6-4-5-14-35-29/h4-12,14,16,20,24-25,28H,3,13,15,17-19H2,1-2H3/t20?,24?,25-,28+/m0/s1. The molecule has 10 heteroatoms. The number of carbonyl (C=O) groups excluding carboxylic acids is 2. The summed E-state index contributed by atoms with van der Waals surface area (Å²) in [5.41, 5.74) is 0.496. The van der Waals surface area contributed by atoms with E-state index < -0.39 is 35.5 Å². The van der Waals surface area contributed by atoms with E-state index in [1.165, 1.54) is 35.2 Å². The molecule has 0 N–H and O–H groups in total. The van der Waals surface area contributed by atoms with Crippen LogP contribution in [-0.4, -0.2) is 65.5 Å². The fraction of sp³-hybridized carbons (Fsp3) is 0.387. The van der Waals surface area contributed by atoms with Crippen molar-refractivity contribution in [2.75, 3.05) is 37.6 Å². The number of ether oxygens (including phenoxy) is 1. The lowest BCUT2D eigenvalue weighted by Crippen LogP contribution is -2.48. The van der Waals surface area contributed by atoms with Gasteiger partial charge in [-0.1, -0.05) is 19.1 Å². The third-order valence-corrected chi connectivity index (χ3v) is 8.16. The number of hydrogen-bond donors (Lipinski definition) is 0. The van der Waals surface area contributed by atoms with Gasteiger partial charge in [0.15, 0.2) is 11.6 Å². The van der Waals surface area contributed by atoms with E-state index in [0.717, 1.165) is 18.0 Å². The van der Waals surface area contributed by atoms with Crippen LogP contribution >= 0.6 is 0 Å². The van der Waals surface area contributed by atoms with Gasteiger partial charge in [-0.3, -0.25) is 4.79 Å². The Kier molecular flexibility index (Phi) is 8.46.